The second kappa shape index (κ2) is 2.46. The molecular weight excluding hydrogens is 152 g/mol. The molecule has 2 bridgehead atoms. The highest BCUT2D eigenvalue weighted by molar-refractivity contribution is 4.97. The van der Waals surface area contributed by atoms with Crippen molar-refractivity contribution in [1.82, 2.24) is 0 Å². The minimum atomic E-state index is -0.0414. The maximum absolute atomic E-state index is 9.93. The number of aliphatic hydroxyl groups is 1. The predicted octanol–water partition coefficient (Wildman–Crippen LogP) is 1.32. The van der Waals surface area contributed by atoms with Gasteiger partial charge in [0.05, 0.1) is 18.3 Å². The fourth-order valence-corrected chi connectivity index (χ4v) is 2.82. The summed E-state index contributed by atoms with van der Waals surface area (Å²) >= 11 is 0. The molecule has 4 unspecified atom stereocenters. The van der Waals surface area contributed by atoms with E-state index in [1.807, 2.05) is 0 Å². The maximum atomic E-state index is 9.93. The third-order valence-electron chi connectivity index (χ3n) is 3.70. The molecule has 2 nitrogen and oxygen atoms in total. The van der Waals surface area contributed by atoms with Crippen molar-refractivity contribution in [3.8, 4) is 0 Å². The van der Waals surface area contributed by atoms with Gasteiger partial charge in [-0.1, -0.05) is 0 Å². The molecule has 4 atom stereocenters. The minimum Gasteiger partial charge on any atom is -0.392 e. The normalized spacial score (nSPS) is 48.2. The van der Waals surface area contributed by atoms with E-state index in [9.17, 15) is 5.11 Å². The Kier molecular flexibility index (Phi) is 1.50. The van der Waals surface area contributed by atoms with Crippen LogP contribution in [0.1, 0.15) is 32.1 Å². The second-order valence-corrected chi connectivity index (χ2v) is 4.60. The van der Waals surface area contributed by atoms with Gasteiger partial charge in [0.2, 0.25) is 0 Å². The molecule has 1 saturated carbocycles. The van der Waals surface area contributed by atoms with Crippen LogP contribution >= 0.6 is 0 Å². The van der Waals surface area contributed by atoms with Crippen LogP contribution in [0.5, 0.6) is 0 Å². The Morgan fingerprint density at radius 2 is 2.00 bits per heavy atom. The van der Waals surface area contributed by atoms with Gasteiger partial charge in [-0.25, -0.2) is 0 Å². The topological polar surface area (TPSA) is 29.5 Å². The van der Waals surface area contributed by atoms with Gasteiger partial charge < -0.3 is 9.84 Å². The van der Waals surface area contributed by atoms with Crippen LogP contribution in [-0.2, 0) is 4.74 Å². The number of rotatable bonds is 2. The molecule has 0 aromatic heterocycles. The second-order valence-electron chi connectivity index (χ2n) is 4.60. The Morgan fingerprint density at radius 3 is 2.50 bits per heavy atom. The molecule has 0 radical (unpaired) electrons. The molecule has 0 aromatic rings. The lowest BCUT2D eigenvalue weighted by Gasteiger charge is -2.23. The van der Waals surface area contributed by atoms with E-state index in [4.69, 9.17) is 4.74 Å². The summed E-state index contributed by atoms with van der Waals surface area (Å²) in [7, 11) is 0. The van der Waals surface area contributed by atoms with Gasteiger partial charge in [-0.2, -0.15) is 0 Å². The van der Waals surface area contributed by atoms with E-state index in [1.54, 1.807) is 0 Å². The van der Waals surface area contributed by atoms with Crippen LogP contribution in [0.3, 0.4) is 0 Å². The van der Waals surface area contributed by atoms with Crippen molar-refractivity contribution in [3.05, 3.63) is 0 Å². The van der Waals surface area contributed by atoms with Crippen molar-refractivity contribution in [1.29, 1.82) is 0 Å². The molecule has 1 N–H and O–H groups in total. The van der Waals surface area contributed by atoms with E-state index < -0.39 is 0 Å². The Morgan fingerprint density at radius 1 is 1.17 bits per heavy atom. The quantitative estimate of drug-likeness (QED) is 0.674. The summed E-state index contributed by atoms with van der Waals surface area (Å²) < 4.78 is 5.72. The highest BCUT2D eigenvalue weighted by atomic mass is 16.5. The van der Waals surface area contributed by atoms with Gasteiger partial charge in [-0.05, 0) is 38.0 Å². The molecule has 2 heterocycles. The average molecular weight is 168 g/mol. The number of aliphatic hydroxyl groups excluding tert-OH is 1. The first-order valence-electron chi connectivity index (χ1n) is 5.18. The summed E-state index contributed by atoms with van der Waals surface area (Å²) in [6.45, 7) is 0. The lowest BCUT2D eigenvalue weighted by atomic mass is 9.83. The molecule has 1 aliphatic carbocycles. The van der Waals surface area contributed by atoms with Crippen molar-refractivity contribution in [2.75, 3.05) is 0 Å². The Hall–Kier alpha value is -0.0800. The fraction of sp³-hybridized carbons (Fsp3) is 1.00. The van der Waals surface area contributed by atoms with Crippen LogP contribution in [0.15, 0.2) is 0 Å². The molecule has 2 heteroatoms. The van der Waals surface area contributed by atoms with Crippen LogP contribution in [-0.4, -0.2) is 23.4 Å². The molecule has 0 aromatic carbocycles. The Balaban J connectivity index is 1.69. The van der Waals surface area contributed by atoms with Gasteiger partial charge in [0, 0.05) is 5.92 Å². The van der Waals surface area contributed by atoms with Crippen molar-refractivity contribution >= 4 is 0 Å². The molecule has 3 aliphatic rings. The third-order valence-corrected chi connectivity index (χ3v) is 3.70. The van der Waals surface area contributed by atoms with Crippen LogP contribution < -0.4 is 0 Å². The van der Waals surface area contributed by atoms with Crippen molar-refractivity contribution in [2.24, 2.45) is 11.8 Å². The van der Waals surface area contributed by atoms with Gasteiger partial charge >= 0.3 is 0 Å². The first-order chi connectivity index (χ1) is 5.84. The van der Waals surface area contributed by atoms with E-state index in [0.717, 1.165) is 6.42 Å². The summed E-state index contributed by atoms with van der Waals surface area (Å²) in [4.78, 5) is 0. The highest BCUT2D eigenvalue weighted by Crippen LogP contribution is 2.46. The van der Waals surface area contributed by atoms with E-state index in [-0.39, 0.29) is 6.10 Å². The third kappa shape index (κ3) is 1.01. The van der Waals surface area contributed by atoms with E-state index in [0.29, 0.717) is 24.0 Å². The molecule has 0 spiro atoms. The number of hydrogen-bond acceptors (Lipinski definition) is 2. The number of hydrogen-bond donors (Lipinski definition) is 1. The van der Waals surface area contributed by atoms with Gasteiger partial charge in [0.1, 0.15) is 0 Å². The summed E-state index contributed by atoms with van der Waals surface area (Å²) in [6.07, 6.45) is 6.91. The van der Waals surface area contributed by atoms with Gasteiger partial charge in [0.25, 0.3) is 0 Å². The predicted molar refractivity (Wildman–Crippen MR) is 44.7 cm³/mol. The smallest absolute Gasteiger partial charge is 0.0633 e. The number of ether oxygens (including phenoxy) is 1. The standard InChI is InChI=1S/C10H16O2/c11-10(6-1-2-6)8-5-7-3-4-9(8)12-7/h6-11H,1-5H2. The first kappa shape index (κ1) is 7.34. The number of fused-ring (bicyclic) bond motifs is 2. The van der Waals surface area contributed by atoms with Crippen LogP contribution in [0, 0.1) is 11.8 Å². The SMILES string of the molecule is OC(C1CC1)C1CC2CCC1O2. The summed E-state index contributed by atoms with van der Waals surface area (Å²) in [5.41, 5.74) is 0. The lowest BCUT2D eigenvalue weighted by molar-refractivity contribution is 0.0321. The zero-order valence-electron chi connectivity index (χ0n) is 7.28. The molecule has 68 valence electrons. The van der Waals surface area contributed by atoms with Crippen molar-refractivity contribution in [3.63, 3.8) is 0 Å². The van der Waals surface area contributed by atoms with Gasteiger partial charge in [-0.15, -0.1) is 0 Å². The largest absolute Gasteiger partial charge is 0.392 e. The monoisotopic (exact) mass is 168 g/mol. The van der Waals surface area contributed by atoms with E-state index in [2.05, 4.69) is 0 Å². The molecule has 0 amide bonds. The lowest BCUT2D eigenvalue weighted by Crippen LogP contribution is -2.30. The Labute approximate surface area is 72.9 Å². The molecule has 12 heavy (non-hydrogen) atoms. The maximum Gasteiger partial charge on any atom is 0.0633 e. The molecule has 3 rings (SSSR count). The summed E-state index contributed by atoms with van der Waals surface area (Å²) in [5.74, 6) is 1.11. The summed E-state index contributed by atoms with van der Waals surface area (Å²) in [6, 6.07) is 0. The van der Waals surface area contributed by atoms with Crippen LogP contribution in [0.2, 0.25) is 0 Å². The first-order valence-corrected chi connectivity index (χ1v) is 5.18. The minimum absolute atomic E-state index is 0.0414. The highest BCUT2D eigenvalue weighted by Gasteiger charge is 2.47. The fourth-order valence-electron chi connectivity index (χ4n) is 2.82. The van der Waals surface area contributed by atoms with E-state index in [1.165, 1.54) is 25.7 Å². The zero-order valence-corrected chi connectivity index (χ0v) is 7.28. The van der Waals surface area contributed by atoms with Crippen molar-refractivity contribution < 1.29 is 9.84 Å². The molecule has 3 fully saturated rings. The molecule has 2 aliphatic heterocycles. The average Bonchev–Trinajstić information content (AvgIpc) is 2.73. The molecular formula is C10H16O2. The van der Waals surface area contributed by atoms with E-state index >= 15 is 0 Å². The van der Waals surface area contributed by atoms with Gasteiger partial charge in [-0.3, -0.25) is 0 Å². The zero-order chi connectivity index (χ0) is 8.13. The summed E-state index contributed by atoms with van der Waals surface area (Å²) in [5, 5.41) is 9.93. The van der Waals surface area contributed by atoms with Crippen molar-refractivity contribution in [2.45, 2.75) is 50.4 Å². The van der Waals surface area contributed by atoms with Crippen LogP contribution in [0.4, 0.5) is 0 Å². The Bertz CT molecular complexity index is 188. The van der Waals surface area contributed by atoms with Gasteiger partial charge in [0.15, 0.2) is 0 Å². The van der Waals surface area contributed by atoms with Crippen LogP contribution in [0.25, 0.3) is 0 Å². The molecule has 2 saturated heterocycles.